The van der Waals surface area contributed by atoms with E-state index in [-0.39, 0.29) is 0 Å². The fourth-order valence-corrected chi connectivity index (χ4v) is 3.14. The van der Waals surface area contributed by atoms with E-state index in [9.17, 15) is 0 Å². The van der Waals surface area contributed by atoms with Gasteiger partial charge in [0.15, 0.2) is 0 Å². The molecule has 2 heterocycles. The molecular formula is C15H18N4S. The van der Waals surface area contributed by atoms with Crippen molar-refractivity contribution < 1.29 is 0 Å². The van der Waals surface area contributed by atoms with Gasteiger partial charge in [-0.05, 0) is 25.1 Å². The first-order valence-electron chi connectivity index (χ1n) is 6.71. The highest BCUT2D eigenvalue weighted by molar-refractivity contribution is 7.09. The second-order valence-corrected chi connectivity index (χ2v) is 6.28. The highest BCUT2D eigenvalue weighted by atomic mass is 32.1. The van der Waals surface area contributed by atoms with Crippen LogP contribution in [-0.2, 0) is 6.54 Å². The number of aryl methyl sites for hydroxylation is 1. The van der Waals surface area contributed by atoms with Crippen molar-refractivity contribution in [2.75, 3.05) is 5.73 Å². The van der Waals surface area contributed by atoms with Gasteiger partial charge < -0.3 is 10.3 Å². The zero-order valence-electron chi connectivity index (χ0n) is 11.9. The van der Waals surface area contributed by atoms with Crippen molar-refractivity contribution in [1.29, 1.82) is 0 Å². The number of rotatable bonds is 3. The van der Waals surface area contributed by atoms with Gasteiger partial charge >= 0.3 is 0 Å². The zero-order valence-corrected chi connectivity index (χ0v) is 12.7. The molecule has 2 N–H and O–H groups in total. The predicted molar refractivity (Wildman–Crippen MR) is 84.2 cm³/mol. The van der Waals surface area contributed by atoms with Crippen LogP contribution in [0.2, 0.25) is 0 Å². The van der Waals surface area contributed by atoms with Gasteiger partial charge in [0.1, 0.15) is 10.8 Å². The molecule has 3 rings (SSSR count). The fourth-order valence-electron chi connectivity index (χ4n) is 2.38. The van der Waals surface area contributed by atoms with Gasteiger partial charge in [-0.25, -0.2) is 9.97 Å². The Labute approximate surface area is 122 Å². The van der Waals surface area contributed by atoms with Crippen molar-refractivity contribution in [3.05, 3.63) is 40.1 Å². The molecule has 0 amide bonds. The minimum absolute atomic E-state index is 0.365. The van der Waals surface area contributed by atoms with E-state index in [0.29, 0.717) is 5.92 Å². The van der Waals surface area contributed by atoms with Crippen LogP contribution in [-0.4, -0.2) is 14.5 Å². The van der Waals surface area contributed by atoms with Gasteiger partial charge in [-0.15, -0.1) is 11.3 Å². The number of nitrogens with zero attached hydrogens (tertiary/aromatic N) is 3. The molecule has 0 radical (unpaired) electrons. The topological polar surface area (TPSA) is 56.7 Å². The van der Waals surface area contributed by atoms with Gasteiger partial charge in [-0.3, -0.25) is 0 Å². The first-order valence-corrected chi connectivity index (χ1v) is 7.59. The average molecular weight is 286 g/mol. The molecule has 0 atom stereocenters. The Bertz CT molecular complexity index is 754. The maximum absolute atomic E-state index is 5.86. The summed E-state index contributed by atoms with van der Waals surface area (Å²) in [6, 6.07) is 5.91. The van der Waals surface area contributed by atoms with Crippen molar-refractivity contribution in [1.82, 2.24) is 14.5 Å². The lowest BCUT2D eigenvalue weighted by molar-refractivity contribution is 0.681. The molecule has 0 unspecified atom stereocenters. The van der Waals surface area contributed by atoms with Crippen LogP contribution in [0.1, 0.15) is 36.3 Å². The largest absolute Gasteiger partial charge is 0.399 e. The number of imidazole rings is 1. The van der Waals surface area contributed by atoms with Crippen LogP contribution in [0.4, 0.5) is 5.69 Å². The Morgan fingerprint density at radius 3 is 2.75 bits per heavy atom. The number of thiazole rings is 1. The summed E-state index contributed by atoms with van der Waals surface area (Å²) >= 11 is 1.70. The molecule has 4 nitrogen and oxygen atoms in total. The van der Waals surface area contributed by atoms with E-state index in [1.54, 1.807) is 11.3 Å². The van der Waals surface area contributed by atoms with Gasteiger partial charge in [-0.1, -0.05) is 13.8 Å². The molecule has 3 aromatic rings. The van der Waals surface area contributed by atoms with E-state index in [1.807, 2.05) is 25.1 Å². The number of hydrogen-bond donors (Lipinski definition) is 1. The summed E-state index contributed by atoms with van der Waals surface area (Å²) in [5, 5.41) is 3.20. The van der Waals surface area contributed by atoms with Gasteiger partial charge in [0.25, 0.3) is 0 Å². The molecule has 0 bridgehead atoms. The van der Waals surface area contributed by atoms with E-state index in [0.717, 1.165) is 39.8 Å². The normalized spacial score (nSPS) is 11.6. The standard InChI is InChI=1S/C15H18N4S/c1-9(2)15-18-12-6-11(16)4-5-13(12)19(15)7-14-17-10(3)8-20-14/h4-6,8-9H,7,16H2,1-3H3. The molecule has 0 spiro atoms. The summed E-state index contributed by atoms with van der Waals surface area (Å²) < 4.78 is 2.25. The smallest absolute Gasteiger partial charge is 0.113 e. The van der Waals surface area contributed by atoms with Crippen LogP contribution >= 0.6 is 11.3 Å². The maximum atomic E-state index is 5.86. The summed E-state index contributed by atoms with van der Waals surface area (Å²) in [7, 11) is 0. The molecule has 2 aromatic heterocycles. The monoisotopic (exact) mass is 286 g/mol. The molecule has 20 heavy (non-hydrogen) atoms. The highest BCUT2D eigenvalue weighted by Gasteiger charge is 2.15. The van der Waals surface area contributed by atoms with Crippen molar-refractivity contribution in [3.63, 3.8) is 0 Å². The average Bonchev–Trinajstić information content (AvgIpc) is 2.94. The molecule has 1 aromatic carbocycles. The number of benzene rings is 1. The van der Waals surface area contributed by atoms with Crippen LogP contribution in [0.15, 0.2) is 23.6 Å². The summed E-state index contributed by atoms with van der Waals surface area (Å²) in [6.07, 6.45) is 0. The maximum Gasteiger partial charge on any atom is 0.113 e. The molecule has 0 saturated heterocycles. The summed E-state index contributed by atoms with van der Waals surface area (Å²) in [6.45, 7) is 7.12. The molecule has 0 fully saturated rings. The molecule has 5 heteroatoms. The molecule has 0 aliphatic heterocycles. The SMILES string of the molecule is Cc1csc(Cn2c(C(C)C)nc3cc(N)ccc32)n1. The second kappa shape index (κ2) is 4.90. The molecule has 0 saturated carbocycles. The lowest BCUT2D eigenvalue weighted by Gasteiger charge is -2.09. The predicted octanol–water partition coefficient (Wildman–Crippen LogP) is 3.56. The lowest BCUT2D eigenvalue weighted by atomic mass is 10.2. The fraction of sp³-hybridized carbons (Fsp3) is 0.333. The minimum atomic E-state index is 0.365. The third-order valence-electron chi connectivity index (χ3n) is 3.28. The summed E-state index contributed by atoms with van der Waals surface area (Å²) in [4.78, 5) is 9.29. The first kappa shape index (κ1) is 13.1. The zero-order chi connectivity index (χ0) is 14.3. The van der Waals surface area contributed by atoms with Gasteiger partial charge in [0.05, 0.1) is 17.6 Å². The van der Waals surface area contributed by atoms with Crippen molar-refractivity contribution >= 4 is 28.1 Å². The van der Waals surface area contributed by atoms with E-state index in [2.05, 4.69) is 28.8 Å². The Morgan fingerprint density at radius 2 is 2.10 bits per heavy atom. The van der Waals surface area contributed by atoms with Crippen molar-refractivity contribution in [2.24, 2.45) is 0 Å². The van der Waals surface area contributed by atoms with Crippen molar-refractivity contribution in [3.8, 4) is 0 Å². The molecular weight excluding hydrogens is 268 g/mol. The highest BCUT2D eigenvalue weighted by Crippen LogP contribution is 2.25. The van der Waals surface area contributed by atoms with E-state index in [4.69, 9.17) is 10.7 Å². The van der Waals surface area contributed by atoms with Crippen LogP contribution in [0.3, 0.4) is 0 Å². The quantitative estimate of drug-likeness (QED) is 0.749. The first-order chi connectivity index (χ1) is 9.54. The third-order valence-corrected chi connectivity index (χ3v) is 4.23. The van der Waals surface area contributed by atoms with Gasteiger partial charge in [0, 0.05) is 22.7 Å². The van der Waals surface area contributed by atoms with Crippen LogP contribution in [0.5, 0.6) is 0 Å². The van der Waals surface area contributed by atoms with E-state index >= 15 is 0 Å². The molecule has 0 aliphatic rings. The Balaban J connectivity index is 2.13. The summed E-state index contributed by atoms with van der Waals surface area (Å²) in [5.74, 6) is 1.45. The third kappa shape index (κ3) is 2.29. The molecule has 0 aliphatic carbocycles. The number of hydrogen-bond acceptors (Lipinski definition) is 4. The van der Waals surface area contributed by atoms with E-state index in [1.165, 1.54) is 0 Å². The minimum Gasteiger partial charge on any atom is -0.399 e. The van der Waals surface area contributed by atoms with Crippen LogP contribution in [0, 0.1) is 6.92 Å². The van der Waals surface area contributed by atoms with Crippen LogP contribution in [0.25, 0.3) is 11.0 Å². The van der Waals surface area contributed by atoms with Gasteiger partial charge in [0.2, 0.25) is 0 Å². The van der Waals surface area contributed by atoms with E-state index < -0.39 is 0 Å². The summed E-state index contributed by atoms with van der Waals surface area (Å²) in [5.41, 5.74) is 9.76. The second-order valence-electron chi connectivity index (χ2n) is 5.34. The molecule has 104 valence electrons. The number of fused-ring (bicyclic) bond motifs is 1. The van der Waals surface area contributed by atoms with Crippen molar-refractivity contribution in [2.45, 2.75) is 33.2 Å². The Kier molecular flexibility index (Phi) is 3.22. The number of nitrogens with two attached hydrogens (primary N) is 1. The number of nitrogen functional groups attached to an aromatic ring is 1. The Hall–Kier alpha value is -1.88. The van der Waals surface area contributed by atoms with Gasteiger partial charge in [-0.2, -0.15) is 0 Å². The lowest BCUT2D eigenvalue weighted by Crippen LogP contribution is -2.06. The van der Waals surface area contributed by atoms with Crippen LogP contribution < -0.4 is 5.73 Å². The number of aromatic nitrogens is 3. The Morgan fingerprint density at radius 1 is 1.30 bits per heavy atom. The number of anilines is 1.